The lowest BCUT2D eigenvalue weighted by Crippen LogP contribution is -2.28. The number of amides is 2. The van der Waals surface area contributed by atoms with E-state index >= 15 is 0 Å². The van der Waals surface area contributed by atoms with Crippen molar-refractivity contribution in [1.82, 2.24) is 0 Å². The highest BCUT2D eigenvalue weighted by Gasteiger charge is 2.34. The van der Waals surface area contributed by atoms with Crippen molar-refractivity contribution in [3.63, 3.8) is 0 Å². The number of carbonyl (C=O) groups excluding carboxylic acids is 2. The third-order valence-corrected chi connectivity index (χ3v) is 7.64. The Morgan fingerprint density at radius 3 is 2.36 bits per heavy atom. The van der Waals surface area contributed by atoms with Crippen LogP contribution in [0.1, 0.15) is 12.5 Å². The fourth-order valence-corrected chi connectivity index (χ4v) is 5.33. The van der Waals surface area contributed by atoms with Crippen LogP contribution >= 0.6 is 35.0 Å². The van der Waals surface area contributed by atoms with Gasteiger partial charge in [0, 0.05) is 5.69 Å². The molecule has 0 saturated carbocycles. The van der Waals surface area contributed by atoms with Gasteiger partial charge in [-0.05, 0) is 84.9 Å². The van der Waals surface area contributed by atoms with Gasteiger partial charge < -0.3 is 14.8 Å². The van der Waals surface area contributed by atoms with Gasteiger partial charge in [-0.1, -0.05) is 65.7 Å². The van der Waals surface area contributed by atoms with Gasteiger partial charge in [-0.3, -0.25) is 14.5 Å². The Morgan fingerprint density at radius 1 is 0.905 bits per heavy atom. The lowest BCUT2D eigenvalue weighted by Gasteiger charge is -2.15. The van der Waals surface area contributed by atoms with Crippen LogP contribution in [0, 0.1) is 0 Å². The maximum Gasteiger partial charge on any atom is 0.271 e. The topological polar surface area (TPSA) is 80.2 Å². The number of nitrogens with one attached hydrogen (secondary N) is 1. The zero-order chi connectivity index (χ0) is 29.5. The molecule has 1 saturated heterocycles. The molecule has 212 valence electrons. The summed E-state index contributed by atoms with van der Waals surface area (Å²) in [5, 5.41) is 4.01. The first kappa shape index (κ1) is 29.3. The van der Waals surface area contributed by atoms with Crippen molar-refractivity contribution in [2.24, 2.45) is 4.99 Å². The number of rotatable bonds is 9. The van der Waals surface area contributed by atoms with Crippen LogP contribution in [0.2, 0.25) is 10.0 Å². The summed E-state index contributed by atoms with van der Waals surface area (Å²) in [6, 6.07) is 29.0. The van der Waals surface area contributed by atoms with Crippen molar-refractivity contribution in [1.29, 1.82) is 0 Å². The van der Waals surface area contributed by atoms with E-state index < -0.39 is 0 Å². The molecular formula is C32H25Cl2N3O4S. The minimum Gasteiger partial charge on any atom is -0.490 e. The maximum atomic E-state index is 13.6. The first-order valence-corrected chi connectivity index (χ1v) is 14.6. The Hall–Kier alpha value is -4.24. The maximum absolute atomic E-state index is 13.6. The van der Waals surface area contributed by atoms with Crippen LogP contribution in [-0.2, 0) is 9.59 Å². The molecule has 4 aromatic carbocycles. The Balaban J connectivity index is 1.36. The average molecular weight is 619 g/mol. The molecule has 0 bridgehead atoms. The smallest absolute Gasteiger partial charge is 0.271 e. The highest BCUT2D eigenvalue weighted by molar-refractivity contribution is 8.19. The van der Waals surface area contributed by atoms with E-state index in [1.165, 1.54) is 11.8 Å². The predicted molar refractivity (Wildman–Crippen MR) is 171 cm³/mol. The van der Waals surface area contributed by atoms with Crippen LogP contribution in [0.5, 0.6) is 11.5 Å². The van der Waals surface area contributed by atoms with Gasteiger partial charge >= 0.3 is 0 Å². The van der Waals surface area contributed by atoms with E-state index in [9.17, 15) is 9.59 Å². The van der Waals surface area contributed by atoms with Crippen molar-refractivity contribution >= 4 is 75.1 Å². The quantitative estimate of drug-likeness (QED) is 0.191. The molecule has 42 heavy (non-hydrogen) atoms. The third kappa shape index (κ3) is 7.15. The number of amidine groups is 1. The molecule has 7 nitrogen and oxygen atoms in total. The van der Waals surface area contributed by atoms with Crippen molar-refractivity contribution in [3.05, 3.63) is 118 Å². The fraction of sp³-hybridized carbons (Fsp3) is 0.0938. The van der Waals surface area contributed by atoms with E-state index in [1.54, 1.807) is 47.4 Å². The summed E-state index contributed by atoms with van der Waals surface area (Å²) in [7, 11) is 0. The molecule has 1 heterocycles. The van der Waals surface area contributed by atoms with Gasteiger partial charge in [-0.15, -0.1) is 0 Å². The second kappa shape index (κ2) is 13.6. The highest BCUT2D eigenvalue weighted by Crippen LogP contribution is 2.38. The third-order valence-electron chi connectivity index (χ3n) is 5.93. The molecule has 1 N–H and O–H groups in total. The van der Waals surface area contributed by atoms with E-state index in [-0.39, 0.29) is 18.4 Å². The number of halogens is 2. The van der Waals surface area contributed by atoms with E-state index in [1.807, 2.05) is 67.6 Å². The first-order chi connectivity index (χ1) is 20.4. The number of carbonyl (C=O) groups is 2. The van der Waals surface area contributed by atoms with Gasteiger partial charge in [-0.2, -0.15) is 0 Å². The lowest BCUT2D eigenvalue weighted by atomic mass is 10.1. The molecule has 1 aliphatic rings. The van der Waals surface area contributed by atoms with Gasteiger partial charge in [0.2, 0.25) is 0 Å². The monoisotopic (exact) mass is 617 g/mol. The first-order valence-electron chi connectivity index (χ1n) is 13.0. The lowest BCUT2D eigenvalue weighted by molar-refractivity contribution is -0.118. The Bertz CT molecular complexity index is 1660. The molecule has 10 heteroatoms. The van der Waals surface area contributed by atoms with Crippen LogP contribution in [0.3, 0.4) is 0 Å². The molecule has 5 rings (SSSR count). The number of nitrogens with zero attached hydrogens (tertiary/aromatic N) is 2. The van der Waals surface area contributed by atoms with Crippen molar-refractivity contribution in [2.45, 2.75) is 6.92 Å². The largest absolute Gasteiger partial charge is 0.490 e. The number of anilines is 2. The highest BCUT2D eigenvalue weighted by atomic mass is 35.5. The van der Waals surface area contributed by atoms with Crippen molar-refractivity contribution in [2.75, 3.05) is 23.4 Å². The molecule has 1 fully saturated rings. The van der Waals surface area contributed by atoms with Gasteiger partial charge in [0.05, 0.1) is 32.9 Å². The molecule has 0 atom stereocenters. The normalized spacial score (nSPS) is 14.8. The van der Waals surface area contributed by atoms with Crippen molar-refractivity contribution < 1.29 is 19.1 Å². The number of ether oxygens (including phenoxy) is 2. The molecule has 1 aliphatic heterocycles. The van der Waals surface area contributed by atoms with Crippen LogP contribution in [-0.4, -0.2) is 30.2 Å². The van der Waals surface area contributed by atoms with Crippen LogP contribution in [0.15, 0.2) is 107 Å². The van der Waals surface area contributed by atoms with E-state index in [2.05, 4.69) is 5.32 Å². The second-order valence-electron chi connectivity index (χ2n) is 8.92. The Labute approximate surface area is 257 Å². The Kier molecular flexibility index (Phi) is 9.48. The molecule has 2 amide bonds. The minimum absolute atomic E-state index is 0.182. The van der Waals surface area contributed by atoms with Crippen LogP contribution in [0.25, 0.3) is 6.08 Å². The number of thioether (sulfide) groups is 1. The van der Waals surface area contributed by atoms with Crippen LogP contribution < -0.4 is 19.7 Å². The summed E-state index contributed by atoms with van der Waals surface area (Å²) in [4.78, 5) is 32.9. The molecule has 4 aromatic rings. The summed E-state index contributed by atoms with van der Waals surface area (Å²) >= 11 is 13.3. The molecule has 0 aliphatic carbocycles. The number of aliphatic imine (C=N–C) groups is 1. The molecule has 0 radical (unpaired) electrons. The molecule has 0 unspecified atom stereocenters. The predicted octanol–water partition coefficient (Wildman–Crippen LogP) is 8.22. The van der Waals surface area contributed by atoms with E-state index in [0.29, 0.717) is 43.9 Å². The molecule has 0 aromatic heterocycles. The summed E-state index contributed by atoms with van der Waals surface area (Å²) in [6.07, 6.45) is 1.79. The Morgan fingerprint density at radius 2 is 1.64 bits per heavy atom. The second-order valence-corrected chi connectivity index (χ2v) is 10.7. The SMILES string of the molecule is CCOc1cc(/C=C2/SC(=Nc3ccccc3)N(c3ccccc3)C2=O)ccc1OCC(=O)Nc1ccc(Cl)c(Cl)c1. The van der Waals surface area contributed by atoms with Gasteiger partial charge in [-0.25, -0.2) is 4.99 Å². The summed E-state index contributed by atoms with van der Waals surface area (Å²) in [6.45, 7) is 1.99. The fourth-order valence-electron chi connectivity index (χ4n) is 4.03. The number of hydrogen-bond acceptors (Lipinski definition) is 6. The van der Waals surface area contributed by atoms with E-state index in [4.69, 9.17) is 37.7 Å². The number of hydrogen-bond donors (Lipinski definition) is 1. The summed E-state index contributed by atoms with van der Waals surface area (Å²) in [5.74, 6) is 0.285. The number of para-hydroxylation sites is 2. The molecular weight excluding hydrogens is 593 g/mol. The standard InChI is InChI=1S/C32H25Cl2N3O4S/c1-2-40-28-17-21(13-16-27(28)41-20-30(38)35-23-14-15-25(33)26(34)19-23)18-29-31(39)37(24-11-7-4-8-12-24)32(42-29)36-22-9-5-3-6-10-22/h3-19H,2,20H2,1H3,(H,35,38)/b29-18+,36-32?. The molecule has 0 spiro atoms. The van der Waals surface area contributed by atoms with E-state index in [0.717, 1.165) is 16.9 Å². The zero-order valence-electron chi connectivity index (χ0n) is 22.4. The van der Waals surface area contributed by atoms with Gasteiger partial charge in [0.1, 0.15) is 0 Å². The van der Waals surface area contributed by atoms with Gasteiger partial charge in [0.25, 0.3) is 11.8 Å². The van der Waals surface area contributed by atoms with Gasteiger partial charge in [0.15, 0.2) is 23.3 Å². The number of benzene rings is 4. The average Bonchev–Trinajstić information content (AvgIpc) is 3.29. The van der Waals surface area contributed by atoms with Crippen LogP contribution in [0.4, 0.5) is 17.1 Å². The van der Waals surface area contributed by atoms with Crippen molar-refractivity contribution in [3.8, 4) is 11.5 Å². The summed E-state index contributed by atoms with van der Waals surface area (Å²) < 4.78 is 11.6. The minimum atomic E-state index is -0.374. The summed E-state index contributed by atoms with van der Waals surface area (Å²) in [5.41, 5.74) is 2.71. The zero-order valence-corrected chi connectivity index (χ0v) is 24.7.